The van der Waals surface area contributed by atoms with E-state index in [0.717, 1.165) is 17.7 Å². The van der Waals surface area contributed by atoms with Gasteiger partial charge in [-0.1, -0.05) is 12.1 Å². The summed E-state index contributed by atoms with van der Waals surface area (Å²) in [4.78, 5) is 24.1. The second-order valence-corrected chi connectivity index (χ2v) is 7.34. The molecule has 0 aliphatic heterocycles. The van der Waals surface area contributed by atoms with E-state index in [1.807, 2.05) is 12.1 Å². The molecule has 0 radical (unpaired) electrons. The first kappa shape index (κ1) is 22.2. The highest BCUT2D eigenvalue weighted by atomic mass is 32.1. The Morgan fingerprint density at radius 2 is 1.55 bits per heavy atom. The summed E-state index contributed by atoms with van der Waals surface area (Å²) >= 11 is 1.24. The highest BCUT2D eigenvalue weighted by molar-refractivity contribution is 7.12. The van der Waals surface area contributed by atoms with Gasteiger partial charge in [0, 0.05) is 24.8 Å². The average Bonchev–Trinajstić information content (AvgIpc) is 3.16. The number of carbonyl (C=O) groups is 2. The van der Waals surface area contributed by atoms with Gasteiger partial charge in [0.05, 0.1) is 5.69 Å². The molecule has 3 rings (SSSR count). The maximum atomic E-state index is 12.6. The molecule has 0 aliphatic rings. The number of nitrogens with one attached hydrogen (secondary N) is 3. The molecule has 0 spiro atoms. The van der Waals surface area contributed by atoms with Crippen LogP contribution in [0.5, 0.6) is 5.75 Å². The summed E-state index contributed by atoms with van der Waals surface area (Å²) in [6.45, 7) is 1.89. The highest BCUT2D eigenvalue weighted by Gasteiger charge is 2.31. The number of hydrogen-bond donors (Lipinski definition) is 3. The second-order valence-electron chi connectivity index (χ2n) is 6.42. The first-order chi connectivity index (χ1) is 14.7. The van der Waals surface area contributed by atoms with Crippen molar-refractivity contribution in [3.05, 3.63) is 70.4 Å². The van der Waals surface area contributed by atoms with Crippen LogP contribution in [0.25, 0.3) is 0 Å². The normalized spacial score (nSPS) is 11.0. The lowest BCUT2D eigenvalue weighted by Gasteiger charge is -2.11. The summed E-state index contributed by atoms with van der Waals surface area (Å²) in [5.41, 5.74) is 2.61. The van der Waals surface area contributed by atoms with Crippen LogP contribution in [0.1, 0.15) is 22.2 Å². The molecule has 31 heavy (non-hydrogen) atoms. The van der Waals surface area contributed by atoms with Crippen molar-refractivity contribution >= 4 is 40.2 Å². The summed E-state index contributed by atoms with van der Waals surface area (Å²) < 4.78 is 40.5. The standard InChI is InChI=1S/C21H18F3N3O3S/c1-13(28)26-15-4-2-14(3-5-15)12-25-18-10-11-31-19(18)20(29)27-16-6-8-17(9-7-16)30-21(22,23)24/h2-11,25H,12H2,1H3,(H,26,28)(H,27,29). The molecule has 2 amide bonds. The topological polar surface area (TPSA) is 79.5 Å². The number of anilines is 3. The van der Waals surface area contributed by atoms with E-state index in [2.05, 4.69) is 20.7 Å². The predicted octanol–water partition coefficient (Wildman–Crippen LogP) is 5.47. The van der Waals surface area contributed by atoms with Crippen LogP contribution in [0.3, 0.4) is 0 Å². The second kappa shape index (κ2) is 9.52. The molecule has 0 bridgehead atoms. The zero-order valence-corrected chi connectivity index (χ0v) is 17.1. The fraction of sp³-hybridized carbons (Fsp3) is 0.143. The van der Waals surface area contributed by atoms with Crippen LogP contribution in [-0.4, -0.2) is 18.2 Å². The van der Waals surface area contributed by atoms with Crippen LogP contribution in [0.15, 0.2) is 60.0 Å². The van der Waals surface area contributed by atoms with Gasteiger partial charge >= 0.3 is 6.36 Å². The fourth-order valence-corrected chi connectivity index (χ4v) is 3.42. The summed E-state index contributed by atoms with van der Waals surface area (Å²) in [6.07, 6.45) is -4.77. The number of thiophene rings is 1. The quantitative estimate of drug-likeness (QED) is 0.447. The predicted molar refractivity (Wildman–Crippen MR) is 113 cm³/mol. The zero-order valence-electron chi connectivity index (χ0n) is 16.2. The molecule has 1 heterocycles. The minimum absolute atomic E-state index is 0.151. The maximum absolute atomic E-state index is 12.6. The van der Waals surface area contributed by atoms with Crippen molar-refractivity contribution in [2.75, 3.05) is 16.0 Å². The minimum atomic E-state index is -4.77. The molecule has 0 saturated carbocycles. The Morgan fingerprint density at radius 1 is 0.935 bits per heavy atom. The third-order valence-corrected chi connectivity index (χ3v) is 4.89. The lowest BCUT2D eigenvalue weighted by molar-refractivity contribution is -0.274. The molecule has 0 unspecified atom stereocenters. The van der Waals surface area contributed by atoms with Crippen molar-refractivity contribution in [1.82, 2.24) is 0 Å². The zero-order chi connectivity index (χ0) is 22.4. The molecule has 0 saturated heterocycles. The molecule has 0 atom stereocenters. The number of halogens is 3. The van der Waals surface area contributed by atoms with Crippen LogP contribution in [0.2, 0.25) is 0 Å². The van der Waals surface area contributed by atoms with Crippen LogP contribution in [-0.2, 0) is 11.3 Å². The molecule has 3 aromatic rings. The smallest absolute Gasteiger partial charge is 0.406 e. The molecule has 10 heteroatoms. The Kier molecular flexibility index (Phi) is 6.81. The lowest BCUT2D eigenvalue weighted by atomic mass is 10.2. The van der Waals surface area contributed by atoms with E-state index >= 15 is 0 Å². The minimum Gasteiger partial charge on any atom is -0.406 e. The number of hydrogen-bond acceptors (Lipinski definition) is 5. The average molecular weight is 449 g/mol. The van der Waals surface area contributed by atoms with E-state index in [1.54, 1.807) is 23.6 Å². The van der Waals surface area contributed by atoms with Crippen molar-refractivity contribution in [2.45, 2.75) is 19.8 Å². The molecule has 3 N–H and O–H groups in total. The number of rotatable bonds is 7. The van der Waals surface area contributed by atoms with Crippen LogP contribution >= 0.6 is 11.3 Å². The number of benzene rings is 2. The summed E-state index contributed by atoms with van der Waals surface area (Å²) in [7, 11) is 0. The molecule has 6 nitrogen and oxygen atoms in total. The van der Waals surface area contributed by atoms with Crippen LogP contribution < -0.4 is 20.7 Å². The number of carbonyl (C=O) groups excluding carboxylic acids is 2. The molecule has 0 aliphatic carbocycles. The third-order valence-electron chi connectivity index (χ3n) is 3.97. The maximum Gasteiger partial charge on any atom is 0.573 e. The summed E-state index contributed by atoms with van der Waals surface area (Å²) in [6, 6.07) is 14.0. The molecular weight excluding hydrogens is 431 g/mol. The van der Waals surface area contributed by atoms with E-state index in [9.17, 15) is 22.8 Å². The monoisotopic (exact) mass is 449 g/mol. The van der Waals surface area contributed by atoms with Gasteiger partial charge in [-0.2, -0.15) is 0 Å². The molecule has 1 aromatic heterocycles. The van der Waals surface area contributed by atoms with E-state index in [4.69, 9.17) is 0 Å². The van der Waals surface area contributed by atoms with Crippen LogP contribution in [0, 0.1) is 0 Å². The lowest BCUT2D eigenvalue weighted by Crippen LogP contribution is -2.17. The number of amides is 2. The van der Waals surface area contributed by atoms with E-state index in [1.165, 1.54) is 30.4 Å². The highest BCUT2D eigenvalue weighted by Crippen LogP contribution is 2.27. The third kappa shape index (κ3) is 6.75. The summed E-state index contributed by atoms with van der Waals surface area (Å²) in [5.74, 6) is -0.904. The van der Waals surface area contributed by atoms with E-state index in [-0.39, 0.29) is 17.6 Å². The first-order valence-electron chi connectivity index (χ1n) is 9.05. The Labute approximate surface area is 180 Å². The van der Waals surface area contributed by atoms with Crippen molar-refractivity contribution in [2.24, 2.45) is 0 Å². The van der Waals surface area contributed by atoms with Gasteiger partial charge in [0.2, 0.25) is 5.91 Å². The van der Waals surface area contributed by atoms with Gasteiger partial charge in [0.15, 0.2) is 0 Å². The van der Waals surface area contributed by atoms with Gasteiger partial charge in [-0.15, -0.1) is 24.5 Å². The fourth-order valence-electron chi connectivity index (χ4n) is 2.66. The van der Waals surface area contributed by atoms with Gasteiger partial charge < -0.3 is 20.7 Å². The Balaban J connectivity index is 1.59. The van der Waals surface area contributed by atoms with E-state index < -0.39 is 6.36 Å². The molecule has 0 fully saturated rings. The van der Waals surface area contributed by atoms with Gasteiger partial charge in [-0.05, 0) is 53.4 Å². The van der Waals surface area contributed by atoms with Crippen molar-refractivity contribution in [3.63, 3.8) is 0 Å². The van der Waals surface area contributed by atoms with Gasteiger partial charge in [0.1, 0.15) is 10.6 Å². The largest absolute Gasteiger partial charge is 0.573 e. The first-order valence-corrected chi connectivity index (χ1v) is 9.92. The number of ether oxygens (including phenoxy) is 1. The van der Waals surface area contributed by atoms with Gasteiger partial charge in [0.25, 0.3) is 5.91 Å². The Hall–Kier alpha value is -3.53. The molecule has 2 aromatic carbocycles. The van der Waals surface area contributed by atoms with Crippen molar-refractivity contribution in [3.8, 4) is 5.75 Å². The van der Waals surface area contributed by atoms with Crippen molar-refractivity contribution in [1.29, 1.82) is 0 Å². The molecule has 162 valence electrons. The number of alkyl halides is 3. The Bertz CT molecular complexity index is 1050. The van der Waals surface area contributed by atoms with E-state index in [0.29, 0.717) is 28.5 Å². The van der Waals surface area contributed by atoms with Gasteiger partial charge in [-0.3, -0.25) is 9.59 Å². The Morgan fingerprint density at radius 3 is 2.16 bits per heavy atom. The summed E-state index contributed by atoms with van der Waals surface area (Å²) in [5, 5.41) is 10.3. The molecular formula is C21H18F3N3O3S. The van der Waals surface area contributed by atoms with Gasteiger partial charge in [-0.25, -0.2) is 0 Å². The van der Waals surface area contributed by atoms with Crippen LogP contribution in [0.4, 0.5) is 30.2 Å². The SMILES string of the molecule is CC(=O)Nc1ccc(CNc2ccsc2C(=O)Nc2ccc(OC(F)(F)F)cc2)cc1. The van der Waals surface area contributed by atoms with Crippen molar-refractivity contribution < 1.29 is 27.5 Å².